The van der Waals surface area contributed by atoms with Crippen LogP contribution in [0, 0.1) is 5.92 Å². The van der Waals surface area contributed by atoms with E-state index in [9.17, 15) is 21.6 Å². The molecule has 0 aliphatic heterocycles. The summed E-state index contributed by atoms with van der Waals surface area (Å²) in [4.78, 5) is 0. The van der Waals surface area contributed by atoms with Gasteiger partial charge in [0, 0.05) is 5.92 Å². The summed E-state index contributed by atoms with van der Waals surface area (Å²) < 4.78 is 72.5. The van der Waals surface area contributed by atoms with Crippen LogP contribution in [0.25, 0.3) is 0 Å². The Bertz CT molecular complexity index is 812. The molecular weight excluding hydrogens is 409 g/mol. The Balaban J connectivity index is 2.40. The lowest BCUT2D eigenvalue weighted by atomic mass is 9.94. The van der Waals surface area contributed by atoms with Crippen LogP contribution in [0.3, 0.4) is 0 Å². The predicted molar refractivity (Wildman–Crippen MR) is 104 cm³/mol. The highest BCUT2D eigenvalue weighted by atomic mass is 32.2. The Morgan fingerprint density at radius 1 is 1.11 bits per heavy atom. The topological polar surface area (TPSA) is 52.6 Å². The fourth-order valence-electron chi connectivity index (χ4n) is 2.79. The zero-order valence-corrected chi connectivity index (χ0v) is 18.5. The van der Waals surface area contributed by atoms with Gasteiger partial charge < -0.3 is 8.61 Å². The second kappa shape index (κ2) is 7.83. The minimum absolute atomic E-state index is 0.124. The van der Waals surface area contributed by atoms with Crippen molar-refractivity contribution < 1.29 is 30.2 Å². The third-order valence-electron chi connectivity index (χ3n) is 5.40. The fourth-order valence-corrected chi connectivity index (χ4v) is 4.62. The second-order valence-corrected chi connectivity index (χ2v) is 14.8. The van der Waals surface area contributed by atoms with E-state index in [-0.39, 0.29) is 10.8 Å². The van der Waals surface area contributed by atoms with E-state index in [2.05, 4.69) is 38.0 Å². The summed E-state index contributed by atoms with van der Waals surface area (Å²) in [6.45, 7) is 10.3. The molecule has 0 heterocycles. The Morgan fingerprint density at radius 2 is 1.68 bits per heavy atom. The number of allylic oxidation sites excluding steroid dienone is 1. The van der Waals surface area contributed by atoms with Crippen LogP contribution in [0.5, 0.6) is 0 Å². The number of halogens is 3. The summed E-state index contributed by atoms with van der Waals surface area (Å²) in [7, 11) is -8.01. The number of hydrogen-bond donors (Lipinski definition) is 0. The number of hydrogen-bond acceptors (Lipinski definition) is 4. The second-order valence-electron chi connectivity index (χ2n) is 8.48. The van der Waals surface area contributed by atoms with Crippen LogP contribution in [0.15, 0.2) is 42.2 Å². The average Bonchev–Trinajstić information content (AvgIpc) is 2.98. The molecule has 0 unspecified atom stereocenters. The van der Waals surface area contributed by atoms with Crippen LogP contribution in [0.2, 0.25) is 18.1 Å². The molecular formula is C19H27F3O4SSi. The van der Waals surface area contributed by atoms with Gasteiger partial charge in [-0.05, 0) is 42.6 Å². The molecule has 0 aromatic heterocycles. The Hall–Kier alpha value is -1.32. The van der Waals surface area contributed by atoms with Crippen LogP contribution in [-0.4, -0.2) is 22.2 Å². The molecule has 1 aliphatic carbocycles. The summed E-state index contributed by atoms with van der Waals surface area (Å²) in [6, 6.07) is 9.16. The number of rotatable bonds is 6. The number of benzene rings is 1. The van der Waals surface area contributed by atoms with E-state index < -0.39 is 36.0 Å². The van der Waals surface area contributed by atoms with Gasteiger partial charge in [0.15, 0.2) is 8.32 Å². The van der Waals surface area contributed by atoms with E-state index in [1.807, 2.05) is 30.3 Å². The molecule has 0 bridgehead atoms. The van der Waals surface area contributed by atoms with Crippen molar-refractivity contribution in [1.82, 2.24) is 0 Å². The first-order valence-electron chi connectivity index (χ1n) is 9.09. The molecule has 1 aromatic carbocycles. The van der Waals surface area contributed by atoms with Crippen LogP contribution >= 0.6 is 0 Å². The highest BCUT2D eigenvalue weighted by Crippen LogP contribution is 2.46. The number of alkyl halides is 3. The third kappa shape index (κ3) is 4.99. The Morgan fingerprint density at radius 3 is 2.18 bits per heavy atom. The van der Waals surface area contributed by atoms with Gasteiger partial charge in [0.05, 0.1) is 6.10 Å². The summed E-state index contributed by atoms with van der Waals surface area (Å²) >= 11 is 0. The van der Waals surface area contributed by atoms with Crippen molar-refractivity contribution in [1.29, 1.82) is 0 Å². The van der Waals surface area contributed by atoms with E-state index in [0.717, 1.165) is 5.56 Å². The molecule has 0 radical (unpaired) electrons. The van der Waals surface area contributed by atoms with Crippen molar-refractivity contribution in [3.8, 4) is 0 Å². The molecule has 0 saturated heterocycles. The van der Waals surface area contributed by atoms with Crippen LogP contribution in [0.1, 0.15) is 45.3 Å². The average molecular weight is 437 g/mol. The van der Waals surface area contributed by atoms with Gasteiger partial charge in [-0.2, -0.15) is 21.6 Å². The molecule has 0 N–H and O–H groups in total. The maximum absolute atomic E-state index is 12.8. The van der Waals surface area contributed by atoms with Crippen molar-refractivity contribution in [2.45, 2.75) is 63.4 Å². The van der Waals surface area contributed by atoms with Gasteiger partial charge in [0.2, 0.25) is 0 Å². The van der Waals surface area contributed by atoms with Crippen molar-refractivity contribution >= 4 is 18.4 Å². The van der Waals surface area contributed by atoms with Gasteiger partial charge in [-0.1, -0.05) is 51.1 Å². The fraction of sp³-hybridized carbons (Fsp3) is 0.579. The molecule has 158 valence electrons. The van der Waals surface area contributed by atoms with Crippen LogP contribution in [0.4, 0.5) is 13.2 Å². The quantitative estimate of drug-likeness (QED) is 0.316. The highest BCUT2D eigenvalue weighted by Gasteiger charge is 2.50. The molecule has 1 aromatic rings. The molecule has 4 nitrogen and oxygen atoms in total. The van der Waals surface area contributed by atoms with E-state index in [0.29, 0.717) is 12.8 Å². The van der Waals surface area contributed by atoms with Gasteiger partial charge in [0.25, 0.3) is 0 Å². The maximum Gasteiger partial charge on any atom is 0.534 e. The van der Waals surface area contributed by atoms with E-state index in [1.165, 1.54) is 6.08 Å². The lowest BCUT2D eigenvalue weighted by Gasteiger charge is -2.41. The first kappa shape index (κ1) is 23.0. The summed E-state index contributed by atoms with van der Waals surface area (Å²) in [5.74, 6) is -0.793. The summed E-state index contributed by atoms with van der Waals surface area (Å²) in [6.07, 6.45) is 1.71. The Labute approximate surface area is 166 Å². The Kier molecular flexibility index (Phi) is 6.42. The van der Waals surface area contributed by atoms with Crippen molar-refractivity contribution in [3.05, 3.63) is 47.7 Å². The molecule has 0 saturated carbocycles. The highest BCUT2D eigenvalue weighted by molar-refractivity contribution is 7.87. The maximum atomic E-state index is 12.8. The first-order valence-corrected chi connectivity index (χ1v) is 13.4. The third-order valence-corrected chi connectivity index (χ3v) is 10.8. The molecule has 0 spiro atoms. The monoisotopic (exact) mass is 436 g/mol. The lowest BCUT2D eigenvalue weighted by molar-refractivity contribution is -0.0531. The summed E-state index contributed by atoms with van der Waals surface area (Å²) in [5, 5.41) is -0.124. The van der Waals surface area contributed by atoms with Crippen molar-refractivity contribution in [2.24, 2.45) is 5.92 Å². The van der Waals surface area contributed by atoms with Gasteiger partial charge in [-0.3, -0.25) is 0 Å². The molecule has 0 fully saturated rings. The van der Waals surface area contributed by atoms with Gasteiger partial charge >= 0.3 is 15.6 Å². The van der Waals surface area contributed by atoms with Crippen LogP contribution in [-0.2, 0) is 18.7 Å². The van der Waals surface area contributed by atoms with E-state index >= 15 is 0 Å². The molecule has 9 heteroatoms. The van der Waals surface area contributed by atoms with Gasteiger partial charge in [0.1, 0.15) is 5.76 Å². The smallest absolute Gasteiger partial charge is 0.409 e. The van der Waals surface area contributed by atoms with Crippen molar-refractivity contribution in [2.75, 3.05) is 0 Å². The van der Waals surface area contributed by atoms with E-state index in [1.54, 1.807) is 0 Å². The first-order chi connectivity index (χ1) is 12.7. The zero-order valence-electron chi connectivity index (χ0n) is 16.7. The van der Waals surface area contributed by atoms with Gasteiger partial charge in [-0.15, -0.1) is 0 Å². The largest absolute Gasteiger partial charge is 0.534 e. The van der Waals surface area contributed by atoms with Crippen LogP contribution < -0.4 is 0 Å². The zero-order chi connectivity index (χ0) is 21.4. The molecule has 2 atom stereocenters. The molecule has 1 aliphatic rings. The lowest BCUT2D eigenvalue weighted by Crippen LogP contribution is -2.43. The SMILES string of the molecule is CC(C)(C)[Si](C)(C)O[C@H](c1ccccc1)[C@@H]1CCC=C1OS(=O)(=O)C(F)(F)F. The molecule has 28 heavy (non-hydrogen) atoms. The molecule has 2 rings (SSSR count). The van der Waals surface area contributed by atoms with Crippen molar-refractivity contribution in [3.63, 3.8) is 0 Å². The minimum Gasteiger partial charge on any atom is -0.409 e. The standard InChI is InChI=1S/C19H27F3O4SSi/c1-18(2,3)28(4,5)26-17(14-10-7-6-8-11-14)15-12-9-13-16(15)25-27(23,24)19(20,21)22/h6-8,10-11,13,15,17H,9,12H2,1-5H3/t15-,17-/m1/s1. The normalized spacial score (nSPS) is 20.0. The predicted octanol–water partition coefficient (Wildman–Crippen LogP) is 5.91. The van der Waals surface area contributed by atoms with Gasteiger partial charge in [-0.25, -0.2) is 0 Å². The summed E-state index contributed by atoms with van der Waals surface area (Å²) in [5.41, 5.74) is -4.68. The minimum atomic E-state index is -5.71. The van der Waals surface area contributed by atoms with E-state index in [4.69, 9.17) is 4.43 Å². The molecule has 0 amide bonds.